The van der Waals surface area contributed by atoms with Crippen molar-refractivity contribution in [3.63, 3.8) is 0 Å². The molecular formula is C21H24N2O5. The number of hydrogen-bond acceptors (Lipinski definition) is 5. The fourth-order valence-corrected chi connectivity index (χ4v) is 4.26. The van der Waals surface area contributed by atoms with Crippen LogP contribution in [0.15, 0.2) is 21.3 Å². The number of nitrogens with zero attached hydrogens (tertiary/aromatic N) is 1. The fraction of sp³-hybridized carbons (Fsp3) is 0.476. The molecule has 2 aliphatic rings. The molecule has 0 saturated carbocycles. The van der Waals surface area contributed by atoms with Gasteiger partial charge in [-0.2, -0.15) is 0 Å². The molecule has 0 unspecified atom stereocenters. The summed E-state index contributed by atoms with van der Waals surface area (Å²) in [5.74, 6) is 0.00461. The maximum absolute atomic E-state index is 12.6. The first-order valence-corrected chi connectivity index (χ1v) is 9.73. The highest BCUT2D eigenvalue weighted by Crippen LogP contribution is 2.35. The molecule has 1 aromatic carbocycles. The van der Waals surface area contributed by atoms with Gasteiger partial charge in [0, 0.05) is 24.6 Å². The van der Waals surface area contributed by atoms with Gasteiger partial charge >= 0.3 is 5.63 Å². The first kappa shape index (κ1) is 18.5. The van der Waals surface area contributed by atoms with Crippen LogP contribution in [-0.4, -0.2) is 36.4 Å². The van der Waals surface area contributed by atoms with Crippen molar-refractivity contribution in [2.45, 2.75) is 39.0 Å². The summed E-state index contributed by atoms with van der Waals surface area (Å²) in [6, 6.07) is 3.71. The summed E-state index contributed by atoms with van der Waals surface area (Å²) in [6.07, 6.45) is 3.63. The molecule has 7 heteroatoms. The lowest BCUT2D eigenvalue weighted by molar-refractivity contribution is -0.136. The second-order valence-corrected chi connectivity index (χ2v) is 7.68. The monoisotopic (exact) mass is 384 g/mol. The highest BCUT2D eigenvalue weighted by atomic mass is 16.5. The first-order chi connectivity index (χ1) is 13.4. The SMILES string of the molecule is Cc1cc(OCC(=O)N2CCC(C(N)=O)CC2)c2c3c(c(=O)oc2c1)CCC3. The van der Waals surface area contributed by atoms with Crippen LogP contribution in [-0.2, 0) is 22.4 Å². The number of ether oxygens (including phenoxy) is 1. The Morgan fingerprint density at radius 3 is 2.64 bits per heavy atom. The number of benzene rings is 1. The molecule has 2 N–H and O–H groups in total. The molecule has 1 fully saturated rings. The van der Waals surface area contributed by atoms with Crippen LogP contribution in [0.1, 0.15) is 36.0 Å². The summed E-state index contributed by atoms with van der Waals surface area (Å²) in [7, 11) is 0. The van der Waals surface area contributed by atoms with Gasteiger partial charge in [0.2, 0.25) is 5.91 Å². The van der Waals surface area contributed by atoms with Crippen molar-refractivity contribution in [1.82, 2.24) is 4.90 Å². The van der Waals surface area contributed by atoms with E-state index in [0.29, 0.717) is 43.7 Å². The van der Waals surface area contributed by atoms with Crippen LogP contribution in [0.5, 0.6) is 5.75 Å². The van der Waals surface area contributed by atoms with Crippen molar-refractivity contribution in [3.8, 4) is 5.75 Å². The van der Waals surface area contributed by atoms with Crippen LogP contribution in [0.2, 0.25) is 0 Å². The average Bonchev–Trinajstić information content (AvgIpc) is 3.16. The topological polar surface area (TPSA) is 103 Å². The standard InChI is InChI=1S/C21H24N2O5/c1-12-9-16(19-14-3-2-4-15(14)21(26)28-17(19)10-12)27-11-18(24)23-7-5-13(6-8-23)20(22)25/h9-10,13H,2-8,11H2,1H3,(H2,22,25). The molecule has 1 aromatic heterocycles. The molecule has 0 spiro atoms. The molecule has 0 bridgehead atoms. The maximum atomic E-state index is 12.6. The molecule has 2 amide bonds. The Labute approximate surface area is 162 Å². The highest BCUT2D eigenvalue weighted by Gasteiger charge is 2.27. The maximum Gasteiger partial charge on any atom is 0.339 e. The van der Waals surface area contributed by atoms with Crippen molar-refractivity contribution in [3.05, 3.63) is 39.2 Å². The third-order valence-corrected chi connectivity index (χ3v) is 5.78. The quantitative estimate of drug-likeness (QED) is 0.808. The van der Waals surface area contributed by atoms with E-state index in [1.54, 1.807) is 4.90 Å². The summed E-state index contributed by atoms with van der Waals surface area (Å²) in [5, 5.41) is 0.804. The van der Waals surface area contributed by atoms with Gasteiger partial charge in [-0.1, -0.05) is 0 Å². The van der Waals surface area contributed by atoms with Gasteiger partial charge < -0.3 is 19.8 Å². The van der Waals surface area contributed by atoms with Crippen molar-refractivity contribution in [1.29, 1.82) is 0 Å². The second-order valence-electron chi connectivity index (χ2n) is 7.68. The number of piperidine rings is 1. The van der Waals surface area contributed by atoms with Crippen molar-refractivity contribution < 1.29 is 18.7 Å². The van der Waals surface area contributed by atoms with E-state index in [1.165, 1.54) is 0 Å². The molecule has 0 atom stereocenters. The lowest BCUT2D eigenvalue weighted by Crippen LogP contribution is -2.43. The number of rotatable bonds is 4. The molecular weight excluding hydrogens is 360 g/mol. The molecule has 0 radical (unpaired) electrons. The number of fused-ring (bicyclic) bond motifs is 3. The van der Waals surface area contributed by atoms with Gasteiger partial charge in [0.25, 0.3) is 5.91 Å². The number of carbonyl (C=O) groups is 2. The van der Waals surface area contributed by atoms with E-state index in [1.807, 2.05) is 19.1 Å². The van der Waals surface area contributed by atoms with Gasteiger partial charge in [-0.3, -0.25) is 9.59 Å². The third-order valence-electron chi connectivity index (χ3n) is 5.78. The molecule has 28 heavy (non-hydrogen) atoms. The summed E-state index contributed by atoms with van der Waals surface area (Å²) >= 11 is 0. The Morgan fingerprint density at radius 2 is 1.93 bits per heavy atom. The molecule has 7 nitrogen and oxygen atoms in total. The van der Waals surface area contributed by atoms with Crippen LogP contribution in [0, 0.1) is 12.8 Å². The number of carbonyl (C=O) groups excluding carboxylic acids is 2. The number of aryl methyl sites for hydroxylation is 2. The Kier molecular flexibility index (Phi) is 4.83. The highest BCUT2D eigenvalue weighted by molar-refractivity contribution is 5.89. The summed E-state index contributed by atoms with van der Waals surface area (Å²) < 4.78 is 11.4. The van der Waals surface area contributed by atoms with E-state index in [-0.39, 0.29) is 30.0 Å². The van der Waals surface area contributed by atoms with Crippen LogP contribution in [0.3, 0.4) is 0 Å². The lowest BCUT2D eigenvalue weighted by Gasteiger charge is -2.30. The Morgan fingerprint density at radius 1 is 1.21 bits per heavy atom. The average molecular weight is 384 g/mol. The molecule has 1 aliphatic heterocycles. The molecule has 1 aliphatic carbocycles. The van der Waals surface area contributed by atoms with Crippen LogP contribution in [0.25, 0.3) is 11.0 Å². The van der Waals surface area contributed by atoms with Gasteiger partial charge in [0.1, 0.15) is 11.3 Å². The number of amides is 2. The van der Waals surface area contributed by atoms with Crippen molar-refractivity contribution >= 4 is 22.8 Å². The normalized spacial score (nSPS) is 17.0. The first-order valence-electron chi connectivity index (χ1n) is 9.73. The number of likely N-dealkylation sites (tertiary alicyclic amines) is 1. The summed E-state index contributed by atoms with van der Waals surface area (Å²) in [6.45, 7) is 2.83. The Hall–Kier alpha value is -2.83. The predicted octanol–water partition coefficient (Wildman–Crippen LogP) is 1.69. The smallest absolute Gasteiger partial charge is 0.339 e. The number of hydrogen-bond donors (Lipinski definition) is 1. The molecule has 2 heterocycles. The Balaban J connectivity index is 1.54. The minimum Gasteiger partial charge on any atom is -0.483 e. The third kappa shape index (κ3) is 3.37. The van der Waals surface area contributed by atoms with Crippen LogP contribution < -0.4 is 16.1 Å². The van der Waals surface area contributed by atoms with Crippen molar-refractivity contribution in [2.24, 2.45) is 11.7 Å². The summed E-state index contributed by atoms with van der Waals surface area (Å²) in [4.78, 5) is 37.7. The van der Waals surface area contributed by atoms with E-state index in [0.717, 1.165) is 34.9 Å². The second kappa shape index (κ2) is 7.30. The van der Waals surface area contributed by atoms with E-state index in [2.05, 4.69) is 0 Å². The number of nitrogens with two attached hydrogens (primary N) is 1. The van der Waals surface area contributed by atoms with Gasteiger partial charge in [-0.15, -0.1) is 0 Å². The fourth-order valence-electron chi connectivity index (χ4n) is 4.26. The van der Waals surface area contributed by atoms with E-state index < -0.39 is 0 Å². The van der Waals surface area contributed by atoms with Crippen LogP contribution in [0.4, 0.5) is 0 Å². The summed E-state index contributed by atoms with van der Waals surface area (Å²) in [5.41, 5.74) is 8.19. The molecule has 4 rings (SSSR count). The zero-order chi connectivity index (χ0) is 19.8. The van der Waals surface area contributed by atoms with Crippen LogP contribution >= 0.6 is 0 Å². The van der Waals surface area contributed by atoms with Gasteiger partial charge in [-0.05, 0) is 62.3 Å². The molecule has 2 aromatic rings. The van der Waals surface area contributed by atoms with Gasteiger partial charge in [0.05, 0.1) is 5.39 Å². The molecule has 148 valence electrons. The minimum atomic E-state index is -0.301. The van der Waals surface area contributed by atoms with Gasteiger partial charge in [-0.25, -0.2) is 4.79 Å². The van der Waals surface area contributed by atoms with E-state index >= 15 is 0 Å². The zero-order valence-electron chi connectivity index (χ0n) is 16.0. The largest absolute Gasteiger partial charge is 0.483 e. The van der Waals surface area contributed by atoms with E-state index in [9.17, 15) is 14.4 Å². The van der Waals surface area contributed by atoms with Crippen molar-refractivity contribution in [2.75, 3.05) is 19.7 Å². The minimum absolute atomic E-state index is 0.0896. The lowest BCUT2D eigenvalue weighted by atomic mass is 9.96. The molecule has 1 saturated heterocycles. The van der Waals surface area contributed by atoms with E-state index in [4.69, 9.17) is 14.9 Å². The Bertz CT molecular complexity index is 1000. The predicted molar refractivity (Wildman–Crippen MR) is 103 cm³/mol. The number of primary amides is 1. The van der Waals surface area contributed by atoms with Gasteiger partial charge in [0.15, 0.2) is 6.61 Å². The zero-order valence-corrected chi connectivity index (χ0v) is 16.0.